The molecule has 1 aliphatic carbocycles. The predicted molar refractivity (Wildman–Crippen MR) is 75.4 cm³/mol. The smallest absolute Gasteiger partial charge is 0.231 e. The van der Waals surface area contributed by atoms with Crippen LogP contribution in [0, 0.1) is 5.92 Å². The molecule has 1 aliphatic heterocycles. The van der Waals surface area contributed by atoms with Crippen molar-refractivity contribution < 1.29 is 9.47 Å². The van der Waals surface area contributed by atoms with E-state index in [4.69, 9.17) is 9.47 Å². The molecule has 0 amide bonds. The molecule has 1 aromatic carbocycles. The zero-order valence-corrected chi connectivity index (χ0v) is 11.9. The minimum Gasteiger partial charge on any atom is -0.454 e. The Balaban J connectivity index is 1.65. The van der Waals surface area contributed by atoms with Crippen LogP contribution in [0.15, 0.2) is 18.2 Å². The van der Waals surface area contributed by atoms with E-state index in [0.717, 1.165) is 24.0 Å². The largest absolute Gasteiger partial charge is 0.454 e. The van der Waals surface area contributed by atoms with Crippen LogP contribution in [0.1, 0.15) is 45.1 Å². The third kappa shape index (κ3) is 2.71. The number of nitrogens with one attached hydrogen (secondary N) is 1. The molecule has 3 nitrogen and oxygen atoms in total. The summed E-state index contributed by atoms with van der Waals surface area (Å²) in [4.78, 5) is 0. The van der Waals surface area contributed by atoms with Gasteiger partial charge in [0, 0.05) is 17.6 Å². The molecule has 3 rings (SSSR count). The van der Waals surface area contributed by atoms with E-state index >= 15 is 0 Å². The first-order valence-electron chi connectivity index (χ1n) is 7.29. The lowest BCUT2D eigenvalue weighted by Crippen LogP contribution is -2.44. The molecule has 1 heterocycles. The van der Waals surface area contributed by atoms with Crippen LogP contribution in [0.2, 0.25) is 0 Å². The van der Waals surface area contributed by atoms with Gasteiger partial charge >= 0.3 is 0 Å². The zero-order valence-electron chi connectivity index (χ0n) is 11.9. The highest BCUT2D eigenvalue weighted by molar-refractivity contribution is 5.48. The van der Waals surface area contributed by atoms with Crippen LogP contribution in [0.4, 0.5) is 0 Å². The van der Waals surface area contributed by atoms with Crippen molar-refractivity contribution in [1.82, 2.24) is 5.32 Å². The molecule has 0 atom stereocenters. The second-order valence-corrected chi connectivity index (χ2v) is 6.25. The molecular formula is C16H23NO2. The molecule has 3 heteroatoms. The Labute approximate surface area is 115 Å². The molecule has 0 unspecified atom stereocenters. The van der Waals surface area contributed by atoms with Gasteiger partial charge in [0.15, 0.2) is 11.5 Å². The van der Waals surface area contributed by atoms with Gasteiger partial charge in [-0.15, -0.1) is 0 Å². The average Bonchev–Trinajstić information content (AvgIpc) is 2.89. The summed E-state index contributed by atoms with van der Waals surface area (Å²) in [7, 11) is 0. The van der Waals surface area contributed by atoms with E-state index in [0.29, 0.717) is 6.79 Å². The Morgan fingerprint density at radius 2 is 2.05 bits per heavy atom. The zero-order chi connectivity index (χ0) is 13.3. The van der Waals surface area contributed by atoms with Gasteiger partial charge in [-0.2, -0.15) is 0 Å². The number of para-hydroxylation sites is 1. The molecule has 1 N–H and O–H groups in total. The van der Waals surface area contributed by atoms with Gasteiger partial charge in [-0.05, 0) is 44.6 Å². The lowest BCUT2D eigenvalue weighted by atomic mass is 9.78. The Bertz CT molecular complexity index is 450. The van der Waals surface area contributed by atoms with Crippen LogP contribution in [0.5, 0.6) is 11.5 Å². The lowest BCUT2D eigenvalue weighted by molar-refractivity contribution is 0.172. The summed E-state index contributed by atoms with van der Waals surface area (Å²) in [5.41, 5.74) is 1.48. The predicted octanol–water partition coefficient (Wildman–Crippen LogP) is 3.47. The second kappa shape index (κ2) is 5.04. The molecule has 0 bridgehead atoms. The number of hydrogen-bond donors (Lipinski definition) is 1. The molecular weight excluding hydrogens is 238 g/mol. The van der Waals surface area contributed by atoms with Gasteiger partial charge in [0.25, 0.3) is 0 Å². The third-order valence-electron chi connectivity index (χ3n) is 4.56. The fraction of sp³-hybridized carbons (Fsp3) is 0.625. The first-order valence-corrected chi connectivity index (χ1v) is 7.29. The van der Waals surface area contributed by atoms with Crippen LogP contribution >= 0.6 is 0 Å². The van der Waals surface area contributed by atoms with Gasteiger partial charge in [-0.3, -0.25) is 0 Å². The molecule has 0 aromatic heterocycles. The van der Waals surface area contributed by atoms with Crippen LogP contribution in [-0.2, 0) is 6.54 Å². The fourth-order valence-corrected chi connectivity index (χ4v) is 3.01. The topological polar surface area (TPSA) is 30.5 Å². The summed E-state index contributed by atoms with van der Waals surface area (Å²) in [5, 5.41) is 3.73. The first-order chi connectivity index (χ1) is 9.16. The van der Waals surface area contributed by atoms with E-state index in [2.05, 4.69) is 25.2 Å². The van der Waals surface area contributed by atoms with E-state index in [-0.39, 0.29) is 5.54 Å². The maximum atomic E-state index is 5.56. The Kier molecular flexibility index (Phi) is 3.40. The maximum Gasteiger partial charge on any atom is 0.231 e. The minimum absolute atomic E-state index is 0.273. The average molecular weight is 261 g/mol. The minimum atomic E-state index is 0.273. The molecule has 1 aromatic rings. The first kappa shape index (κ1) is 12.8. The van der Waals surface area contributed by atoms with Crippen molar-refractivity contribution in [2.24, 2.45) is 5.92 Å². The molecule has 104 valence electrons. The van der Waals surface area contributed by atoms with Gasteiger partial charge in [0.1, 0.15) is 0 Å². The van der Waals surface area contributed by atoms with Crippen LogP contribution in [0.25, 0.3) is 0 Å². The molecule has 0 saturated heterocycles. The van der Waals surface area contributed by atoms with Crippen LogP contribution < -0.4 is 14.8 Å². The van der Waals surface area contributed by atoms with Crippen LogP contribution in [-0.4, -0.2) is 12.3 Å². The third-order valence-corrected chi connectivity index (χ3v) is 4.56. The summed E-state index contributed by atoms with van der Waals surface area (Å²) in [5.74, 6) is 2.68. The van der Waals surface area contributed by atoms with Crippen molar-refractivity contribution in [3.63, 3.8) is 0 Å². The number of benzene rings is 1. The molecule has 1 saturated carbocycles. The van der Waals surface area contributed by atoms with Crippen molar-refractivity contribution >= 4 is 0 Å². The Morgan fingerprint density at radius 3 is 2.84 bits per heavy atom. The van der Waals surface area contributed by atoms with E-state index in [1.54, 1.807) is 0 Å². The SMILES string of the molecule is CC1CCC(C)(NCc2cccc3c2OCO3)CC1. The second-order valence-electron chi connectivity index (χ2n) is 6.25. The quantitative estimate of drug-likeness (QED) is 0.903. The highest BCUT2D eigenvalue weighted by atomic mass is 16.7. The maximum absolute atomic E-state index is 5.56. The van der Waals surface area contributed by atoms with E-state index < -0.39 is 0 Å². The number of ether oxygens (including phenoxy) is 2. The highest BCUT2D eigenvalue weighted by Gasteiger charge is 2.29. The number of hydrogen-bond acceptors (Lipinski definition) is 3. The molecule has 0 spiro atoms. The summed E-state index contributed by atoms with van der Waals surface area (Å²) in [6, 6.07) is 6.13. The summed E-state index contributed by atoms with van der Waals surface area (Å²) >= 11 is 0. The van der Waals surface area contributed by atoms with Crippen molar-refractivity contribution in [2.45, 2.75) is 51.6 Å². The standard InChI is InChI=1S/C16H23NO2/c1-12-6-8-16(2,9-7-12)17-10-13-4-3-5-14-15(13)19-11-18-14/h3-5,12,17H,6-11H2,1-2H3. The highest BCUT2D eigenvalue weighted by Crippen LogP contribution is 2.36. The summed E-state index contributed by atoms with van der Waals surface area (Å²) in [6.45, 7) is 5.91. The van der Waals surface area contributed by atoms with Crippen molar-refractivity contribution in [3.05, 3.63) is 23.8 Å². The number of rotatable bonds is 3. The Hall–Kier alpha value is -1.22. The number of fused-ring (bicyclic) bond motifs is 1. The van der Waals surface area contributed by atoms with E-state index in [9.17, 15) is 0 Å². The summed E-state index contributed by atoms with van der Waals surface area (Å²) in [6.07, 6.45) is 5.19. The summed E-state index contributed by atoms with van der Waals surface area (Å²) < 4.78 is 11.0. The monoisotopic (exact) mass is 261 g/mol. The van der Waals surface area contributed by atoms with Gasteiger partial charge in [-0.1, -0.05) is 19.1 Å². The molecule has 2 aliphatic rings. The molecule has 19 heavy (non-hydrogen) atoms. The van der Waals surface area contributed by atoms with E-state index in [1.165, 1.54) is 31.2 Å². The lowest BCUT2D eigenvalue weighted by Gasteiger charge is -2.37. The molecule has 1 fully saturated rings. The fourth-order valence-electron chi connectivity index (χ4n) is 3.01. The van der Waals surface area contributed by atoms with Crippen LogP contribution in [0.3, 0.4) is 0 Å². The van der Waals surface area contributed by atoms with E-state index in [1.807, 2.05) is 12.1 Å². The van der Waals surface area contributed by atoms with Gasteiger partial charge < -0.3 is 14.8 Å². The van der Waals surface area contributed by atoms with Gasteiger partial charge in [-0.25, -0.2) is 0 Å². The molecule has 0 radical (unpaired) electrons. The van der Waals surface area contributed by atoms with Crippen molar-refractivity contribution in [3.8, 4) is 11.5 Å². The Morgan fingerprint density at radius 1 is 1.26 bits per heavy atom. The van der Waals surface area contributed by atoms with Crippen molar-refractivity contribution in [1.29, 1.82) is 0 Å². The van der Waals surface area contributed by atoms with Crippen molar-refractivity contribution in [2.75, 3.05) is 6.79 Å². The van der Waals surface area contributed by atoms with Gasteiger partial charge in [0.05, 0.1) is 0 Å². The van der Waals surface area contributed by atoms with Gasteiger partial charge in [0.2, 0.25) is 6.79 Å². The normalized spacial score (nSPS) is 29.5.